The minimum atomic E-state index is -3.22. The Kier molecular flexibility index (Phi) is 6.25. The van der Waals surface area contributed by atoms with E-state index in [0.29, 0.717) is 31.5 Å². The van der Waals surface area contributed by atoms with Gasteiger partial charge < -0.3 is 5.32 Å². The summed E-state index contributed by atoms with van der Waals surface area (Å²) < 4.78 is 51.1. The van der Waals surface area contributed by atoms with Crippen LogP contribution in [-0.2, 0) is 21.4 Å². The predicted octanol–water partition coefficient (Wildman–Crippen LogP) is 0.595. The first-order valence-electron chi connectivity index (χ1n) is 7.62. The lowest BCUT2D eigenvalue weighted by Crippen LogP contribution is -2.47. The van der Waals surface area contributed by atoms with E-state index in [-0.39, 0.29) is 25.0 Å². The van der Waals surface area contributed by atoms with E-state index in [9.17, 15) is 22.0 Å². The van der Waals surface area contributed by atoms with E-state index in [1.165, 1.54) is 12.1 Å². The zero-order chi connectivity index (χ0) is 17.7. The van der Waals surface area contributed by atoms with Crippen molar-refractivity contribution in [3.05, 3.63) is 35.4 Å². The van der Waals surface area contributed by atoms with E-state index < -0.39 is 21.7 Å². The van der Waals surface area contributed by atoms with Gasteiger partial charge in [-0.05, 0) is 30.5 Å². The molecule has 2 N–H and O–H groups in total. The Bertz CT molecular complexity index is 669. The van der Waals surface area contributed by atoms with Gasteiger partial charge in [-0.3, -0.25) is 9.69 Å². The normalized spacial score (nSPS) is 17.0. The number of carbonyl (C=O) groups excluding carboxylic acids is 1. The molecule has 1 aliphatic rings. The van der Waals surface area contributed by atoms with Crippen LogP contribution in [0.15, 0.2) is 18.2 Å². The van der Waals surface area contributed by atoms with Crippen LogP contribution < -0.4 is 10.0 Å². The van der Waals surface area contributed by atoms with Crippen molar-refractivity contribution in [2.75, 3.05) is 25.9 Å². The molecule has 6 nitrogen and oxygen atoms in total. The van der Waals surface area contributed by atoms with E-state index in [0.717, 1.165) is 12.3 Å². The Balaban J connectivity index is 1.73. The van der Waals surface area contributed by atoms with Crippen molar-refractivity contribution in [3.8, 4) is 0 Å². The first-order valence-corrected chi connectivity index (χ1v) is 9.52. The fraction of sp³-hybridized carbons (Fsp3) is 0.533. The van der Waals surface area contributed by atoms with Crippen LogP contribution in [0.4, 0.5) is 8.78 Å². The minimum absolute atomic E-state index is 0.0552. The summed E-state index contributed by atoms with van der Waals surface area (Å²) in [4.78, 5) is 13.8. The standard InChI is InChI=1S/C15H21F2N3O3S/c1-24(22,23)19-14-2-4-20(5-3-14)10-15(21)18-9-11-6-12(16)8-13(17)7-11/h6-8,14,19H,2-5,9-10H2,1H3,(H,18,21). The first-order chi connectivity index (χ1) is 11.2. The second-order valence-corrected chi connectivity index (χ2v) is 7.77. The van der Waals surface area contributed by atoms with Crippen molar-refractivity contribution < 1.29 is 22.0 Å². The average Bonchev–Trinajstić information content (AvgIpc) is 2.45. The fourth-order valence-corrected chi connectivity index (χ4v) is 3.53. The van der Waals surface area contributed by atoms with Gasteiger partial charge in [-0.25, -0.2) is 21.9 Å². The molecule has 1 fully saturated rings. The van der Waals surface area contributed by atoms with Gasteiger partial charge in [-0.1, -0.05) is 0 Å². The highest BCUT2D eigenvalue weighted by Gasteiger charge is 2.22. The molecule has 0 saturated carbocycles. The summed E-state index contributed by atoms with van der Waals surface area (Å²) in [5.41, 5.74) is 0.358. The number of benzene rings is 1. The molecule has 0 aromatic heterocycles. The summed E-state index contributed by atoms with van der Waals surface area (Å²) in [6, 6.07) is 3.02. The maximum absolute atomic E-state index is 13.1. The van der Waals surface area contributed by atoms with Gasteiger partial charge in [0.05, 0.1) is 12.8 Å². The van der Waals surface area contributed by atoms with Crippen LogP contribution in [0, 0.1) is 11.6 Å². The van der Waals surface area contributed by atoms with Gasteiger partial charge in [0, 0.05) is 31.7 Å². The SMILES string of the molecule is CS(=O)(=O)NC1CCN(CC(=O)NCc2cc(F)cc(F)c2)CC1. The van der Waals surface area contributed by atoms with E-state index >= 15 is 0 Å². The maximum atomic E-state index is 13.1. The van der Waals surface area contributed by atoms with Gasteiger partial charge >= 0.3 is 0 Å². The highest BCUT2D eigenvalue weighted by molar-refractivity contribution is 7.88. The highest BCUT2D eigenvalue weighted by Crippen LogP contribution is 2.11. The highest BCUT2D eigenvalue weighted by atomic mass is 32.2. The van der Waals surface area contributed by atoms with Gasteiger partial charge in [0.2, 0.25) is 15.9 Å². The Labute approximate surface area is 140 Å². The second kappa shape index (κ2) is 8.00. The van der Waals surface area contributed by atoms with Crippen LogP contribution in [-0.4, -0.2) is 51.2 Å². The Hall–Kier alpha value is -1.58. The molecule has 0 atom stereocenters. The van der Waals surface area contributed by atoms with Crippen molar-refractivity contribution in [1.29, 1.82) is 0 Å². The van der Waals surface area contributed by atoms with Crippen LogP contribution in [0.5, 0.6) is 0 Å². The van der Waals surface area contributed by atoms with Gasteiger partial charge in [-0.15, -0.1) is 0 Å². The topological polar surface area (TPSA) is 78.5 Å². The summed E-state index contributed by atoms with van der Waals surface area (Å²) in [6.07, 6.45) is 2.40. The number of nitrogens with zero attached hydrogens (tertiary/aromatic N) is 1. The number of hydrogen-bond donors (Lipinski definition) is 2. The van der Waals surface area contributed by atoms with E-state index in [4.69, 9.17) is 0 Å². The maximum Gasteiger partial charge on any atom is 0.234 e. The van der Waals surface area contributed by atoms with Crippen LogP contribution >= 0.6 is 0 Å². The molecule has 1 heterocycles. The lowest BCUT2D eigenvalue weighted by Gasteiger charge is -2.31. The van der Waals surface area contributed by atoms with Gasteiger partial charge in [0.1, 0.15) is 11.6 Å². The predicted molar refractivity (Wildman–Crippen MR) is 85.6 cm³/mol. The van der Waals surface area contributed by atoms with Crippen LogP contribution in [0.3, 0.4) is 0 Å². The Morgan fingerprint density at radius 3 is 2.33 bits per heavy atom. The third-order valence-corrected chi connectivity index (χ3v) is 4.51. The van der Waals surface area contributed by atoms with Gasteiger partial charge in [-0.2, -0.15) is 0 Å². The fourth-order valence-electron chi connectivity index (χ4n) is 2.68. The van der Waals surface area contributed by atoms with E-state index in [1.54, 1.807) is 0 Å². The first kappa shape index (κ1) is 18.8. The number of nitrogens with one attached hydrogen (secondary N) is 2. The molecule has 1 aromatic carbocycles. The smallest absolute Gasteiger partial charge is 0.234 e. The number of hydrogen-bond acceptors (Lipinski definition) is 4. The molecule has 134 valence electrons. The molecule has 0 radical (unpaired) electrons. The molecule has 1 aliphatic heterocycles. The van der Waals surface area contributed by atoms with Crippen LogP contribution in [0.1, 0.15) is 18.4 Å². The molecular weight excluding hydrogens is 340 g/mol. The van der Waals surface area contributed by atoms with Crippen molar-refractivity contribution in [2.45, 2.75) is 25.4 Å². The molecular formula is C15H21F2N3O3S. The van der Waals surface area contributed by atoms with Crippen LogP contribution in [0.25, 0.3) is 0 Å². The quantitative estimate of drug-likeness (QED) is 0.778. The third kappa shape index (κ3) is 6.50. The molecule has 0 bridgehead atoms. The Morgan fingerprint density at radius 1 is 1.21 bits per heavy atom. The molecule has 0 unspecified atom stereocenters. The largest absolute Gasteiger partial charge is 0.351 e. The number of sulfonamides is 1. The second-order valence-electron chi connectivity index (χ2n) is 5.99. The van der Waals surface area contributed by atoms with E-state index in [1.807, 2.05) is 4.90 Å². The molecule has 1 amide bonds. The van der Waals surface area contributed by atoms with Crippen molar-refractivity contribution in [1.82, 2.24) is 14.9 Å². The van der Waals surface area contributed by atoms with Crippen LogP contribution in [0.2, 0.25) is 0 Å². The molecule has 2 rings (SSSR count). The summed E-state index contributed by atoms with van der Waals surface area (Å²) in [5, 5.41) is 2.62. The number of halogens is 2. The van der Waals surface area contributed by atoms with E-state index in [2.05, 4.69) is 10.0 Å². The number of carbonyl (C=O) groups is 1. The van der Waals surface area contributed by atoms with Crippen molar-refractivity contribution in [3.63, 3.8) is 0 Å². The number of likely N-dealkylation sites (tertiary alicyclic amines) is 1. The van der Waals surface area contributed by atoms with Crippen molar-refractivity contribution in [2.24, 2.45) is 0 Å². The monoisotopic (exact) mass is 361 g/mol. The average molecular weight is 361 g/mol. The molecule has 0 aliphatic carbocycles. The molecule has 24 heavy (non-hydrogen) atoms. The van der Waals surface area contributed by atoms with Gasteiger partial charge in [0.15, 0.2) is 0 Å². The molecule has 0 spiro atoms. The number of amides is 1. The molecule has 1 saturated heterocycles. The zero-order valence-corrected chi connectivity index (χ0v) is 14.2. The Morgan fingerprint density at radius 2 is 1.79 bits per heavy atom. The molecule has 9 heteroatoms. The third-order valence-electron chi connectivity index (χ3n) is 3.75. The summed E-state index contributed by atoms with van der Waals surface area (Å²) >= 11 is 0. The summed E-state index contributed by atoms with van der Waals surface area (Å²) in [7, 11) is -3.22. The van der Waals surface area contributed by atoms with Crippen molar-refractivity contribution >= 4 is 15.9 Å². The number of rotatable bonds is 6. The molecule has 1 aromatic rings. The summed E-state index contributed by atoms with van der Waals surface area (Å²) in [6.45, 7) is 1.44. The lowest BCUT2D eigenvalue weighted by molar-refractivity contribution is -0.122. The van der Waals surface area contributed by atoms with Gasteiger partial charge in [0.25, 0.3) is 0 Å². The lowest BCUT2D eigenvalue weighted by atomic mass is 10.1. The minimum Gasteiger partial charge on any atom is -0.351 e. The zero-order valence-electron chi connectivity index (χ0n) is 13.4. The number of piperidine rings is 1. The summed E-state index contributed by atoms with van der Waals surface area (Å²) in [5.74, 6) is -1.60.